The molecule has 2 fully saturated rings. The van der Waals surface area contributed by atoms with E-state index in [1.54, 1.807) is 29.3 Å². The van der Waals surface area contributed by atoms with Gasteiger partial charge in [0.15, 0.2) is 12.1 Å². The van der Waals surface area contributed by atoms with Crippen LogP contribution in [0.5, 0.6) is 0 Å². The smallest absolute Gasteiger partial charge is 0.264 e. The van der Waals surface area contributed by atoms with E-state index in [1.165, 1.54) is 10.6 Å². The van der Waals surface area contributed by atoms with Crippen LogP contribution in [-0.4, -0.2) is 52.1 Å². The quantitative estimate of drug-likeness (QED) is 0.329. The third-order valence-corrected chi connectivity index (χ3v) is 9.09. The first-order valence-corrected chi connectivity index (χ1v) is 15.2. The summed E-state index contributed by atoms with van der Waals surface area (Å²) in [6.45, 7) is 3.87. The Bertz CT molecular complexity index is 1730. The normalized spacial score (nSPS) is 25.1. The molecule has 222 valence electrons. The van der Waals surface area contributed by atoms with Gasteiger partial charge < -0.3 is 0 Å². The molecule has 7 rings (SSSR count). The van der Waals surface area contributed by atoms with Crippen molar-refractivity contribution in [1.29, 1.82) is 0 Å². The minimum absolute atomic E-state index is 0.0372. The van der Waals surface area contributed by atoms with E-state index < -0.39 is 23.9 Å². The van der Waals surface area contributed by atoms with Crippen LogP contribution in [-0.2, 0) is 14.4 Å². The molecule has 3 amide bonds. The number of rotatable bonds is 5. The third-order valence-electron chi connectivity index (χ3n) is 8.83. The van der Waals surface area contributed by atoms with Gasteiger partial charge in [0.05, 0.1) is 17.4 Å². The number of amides is 3. The van der Waals surface area contributed by atoms with Crippen molar-refractivity contribution in [3.05, 3.63) is 106 Å². The number of carbonyl (C=O) groups is 3. The molecule has 0 unspecified atom stereocenters. The number of hydrazone groups is 1. The molecule has 3 aromatic rings. The number of hydrogen-bond donors (Lipinski definition) is 0. The maximum atomic E-state index is 14.1. The van der Waals surface area contributed by atoms with Gasteiger partial charge in [0.1, 0.15) is 6.54 Å². The van der Waals surface area contributed by atoms with Gasteiger partial charge in [-0.3, -0.25) is 19.4 Å². The van der Waals surface area contributed by atoms with E-state index in [0.29, 0.717) is 10.7 Å². The molecule has 0 spiro atoms. The van der Waals surface area contributed by atoms with Crippen molar-refractivity contribution in [3.63, 3.8) is 0 Å². The minimum Gasteiger partial charge on any atom is -0.271 e. The average Bonchev–Trinajstić information content (AvgIpc) is 3.69. The van der Waals surface area contributed by atoms with E-state index in [9.17, 15) is 14.4 Å². The van der Waals surface area contributed by atoms with Gasteiger partial charge in [0, 0.05) is 10.9 Å². The zero-order chi connectivity index (χ0) is 30.5. The number of benzene rings is 3. The minimum atomic E-state index is -1.00. The molecular weight excluding hydrogens is 576 g/mol. The fourth-order valence-electron chi connectivity index (χ4n) is 6.58. The maximum Gasteiger partial charge on any atom is 0.264 e. The highest BCUT2D eigenvalue weighted by molar-refractivity contribution is 6.31. The number of hydrogen-bond acceptors (Lipinski definition) is 7. The zero-order valence-corrected chi connectivity index (χ0v) is 25.2. The molecular formula is C34H31ClN6O3. The fraction of sp³-hybridized carbons (Fsp3) is 0.294. The molecule has 0 bridgehead atoms. The third kappa shape index (κ3) is 4.91. The van der Waals surface area contributed by atoms with Crippen LogP contribution in [0.15, 0.2) is 93.8 Å². The molecule has 3 aliphatic heterocycles. The van der Waals surface area contributed by atoms with Gasteiger partial charge in [-0.05, 0) is 80.2 Å². The summed E-state index contributed by atoms with van der Waals surface area (Å²) in [5, 5.41) is 16.6. The predicted octanol–water partition coefficient (Wildman–Crippen LogP) is 6.07. The maximum absolute atomic E-state index is 14.1. The largest absolute Gasteiger partial charge is 0.271 e. The topological polar surface area (TPSA) is 98.0 Å². The van der Waals surface area contributed by atoms with Gasteiger partial charge in [-0.2, -0.15) is 10.2 Å². The summed E-state index contributed by atoms with van der Waals surface area (Å²) in [6.07, 6.45) is 4.96. The Morgan fingerprint density at radius 2 is 1.59 bits per heavy atom. The molecule has 4 atom stereocenters. The number of aryl methyl sites for hydroxylation is 2. The van der Waals surface area contributed by atoms with Crippen LogP contribution in [0.3, 0.4) is 0 Å². The van der Waals surface area contributed by atoms with E-state index in [1.807, 2.05) is 6.92 Å². The fourth-order valence-corrected chi connectivity index (χ4v) is 6.70. The van der Waals surface area contributed by atoms with Gasteiger partial charge in [0.25, 0.3) is 17.7 Å². The van der Waals surface area contributed by atoms with Gasteiger partial charge >= 0.3 is 0 Å². The molecule has 0 N–H and O–H groups in total. The van der Waals surface area contributed by atoms with Crippen LogP contribution in [0, 0.1) is 19.8 Å². The second kappa shape index (κ2) is 11.1. The lowest BCUT2D eigenvalue weighted by Crippen LogP contribution is -2.45. The number of allylic oxidation sites excluding steroid dienone is 1. The molecule has 1 saturated carbocycles. The van der Waals surface area contributed by atoms with Gasteiger partial charge in [0.2, 0.25) is 0 Å². The molecule has 3 aromatic carbocycles. The first-order chi connectivity index (χ1) is 21.3. The van der Waals surface area contributed by atoms with Crippen molar-refractivity contribution in [2.45, 2.75) is 51.2 Å². The van der Waals surface area contributed by atoms with Crippen molar-refractivity contribution in [1.82, 2.24) is 10.0 Å². The average molecular weight is 607 g/mol. The monoisotopic (exact) mass is 606 g/mol. The summed E-state index contributed by atoms with van der Waals surface area (Å²) in [5.41, 5.74) is 6.90. The highest BCUT2D eigenvalue weighted by atomic mass is 35.5. The lowest BCUT2D eigenvalue weighted by atomic mass is 9.77. The Morgan fingerprint density at radius 3 is 2.30 bits per heavy atom. The lowest BCUT2D eigenvalue weighted by Gasteiger charge is -2.30. The van der Waals surface area contributed by atoms with Gasteiger partial charge in [-0.1, -0.05) is 76.5 Å². The van der Waals surface area contributed by atoms with Crippen molar-refractivity contribution in [3.8, 4) is 0 Å². The molecule has 1 saturated heterocycles. The summed E-state index contributed by atoms with van der Waals surface area (Å²) < 4.78 is 0. The molecule has 9 nitrogen and oxygen atoms in total. The van der Waals surface area contributed by atoms with Crippen LogP contribution < -0.4 is 4.90 Å². The second-order valence-electron chi connectivity index (χ2n) is 11.8. The molecule has 1 aliphatic carbocycles. The molecule has 0 radical (unpaired) electrons. The molecule has 10 heteroatoms. The second-order valence-corrected chi connectivity index (χ2v) is 12.3. The molecule has 3 heterocycles. The summed E-state index contributed by atoms with van der Waals surface area (Å²) in [6, 6.07) is 20.8. The van der Waals surface area contributed by atoms with Crippen LogP contribution in [0.1, 0.15) is 47.6 Å². The number of imide groups is 1. The summed E-state index contributed by atoms with van der Waals surface area (Å²) >= 11 is 6.01. The van der Waals surface area contributed by atoms with Crippen LogP contribution in [0.4, 0.5) is 5.69 Å². The van der Waals surface area contributed by atoms with E-state index in [4.69, 9.17) is 16.7 Å². The standard InChI is InChI=1S/C34H31ClN6O3/c1-20-6-10-22(11-7-20)18-24-4-3-5-27-29(24)37-41(31(27)23-12-8-21(2)9-13-23)28(42)19-39-32-30(36-38-39)33(43)40(34(32)44)26-16-14-25(35)15-17-26/h6-18,27,30-32H,3-5,19H2,1-2H3/b24-18+/t27-,30+,31+,32-/m1/s1. The Kier molecular flexibility index (Phi) is 7.13. The summed E-state index contributed by atoms with van der Waals surface area (Å²) in [7, 11) is 0. The first-order valence-electron chi connectivity index (χ1n) is 14.8. The van der Waals surface area contributed by atoms with Crippen LogP contribution in [0.25, 0.3) is 6.08 Å². The number of anilines is 1. The SMILES string of the molecule is Cc1ccc(/C=C2\CCC[C@@H]3C2=NN(C(=O)CN2N=N[C@@H]4C(=O)N(c5ccc(Cl)cc5)C(=O)[C@@H]42)[C@H]3c2ccc(C)cc2)cc1. The highest BCUT2D eigenvalue weighted by Gasteiger charge is 2.55. The number of fused-ring (bicyclic) bond motifs is 2. The first kappa shape index (κ1) is 28.2. The Balaban J connectivity index is 1.18. The summed E-state index contributed by atoms with van der Waals surface area (Å²) in [4.78, 5) is 41.9. The van der Waals surface area contributed by atoms with Crippen LogP contribution >= 0.6 is 11.6 Å². The van der Waals surface area contributed by atoms with Crippen molar-refractivity contribution in [2.75, 3.05) is 11.4 Å². The number of carbonyl (C=O) groups excluding carboxylic acids is 3. The van der Waals surface area contributed by atoms with Crippen molar-refractivity contribution in [2.24, 2.45) is 21.4 Å². The van der Waals surface area contributed by atoms with E-state index in [2.05, 4.69) is 71.9 Å². The molecule has 0 aromatic heterocycles. The Morgan fingerprint density at radius 1 is 0.909 bits per heavy atom. The summed E-state index contributed by atoms with van der Waals surface area (Å²) in [5.74, 6) is -1.22. The van der Waals surface area contributed by atoms with Crippen molar-refractivity contribution < 1.29 is 14.4 Å². The molecule has 4 aliphatic rings. The lowest BCUT2D eigenvalue weighted by molar-refractivity contribution is -0.136. The number of halogens is 1. The molecule has 44 heavy (non-hydrogen) atoms. The zero-order valence-electron chi connectivity index (χ0n) is 24.4. The van der Waals surface area contributed by atoms with Gasteiger partial charge in [-0.25, -0.2) is 9.91 Å². The predicted molar refractivity (Wildman–Crippen MR) is 168 cm³/mol. The Labute approximate surface area is 260 Å². The van der Waals surface area contributed by atoms with Gasteiger partial charge in [-0.15, -0.1) is 0 Å². The Hall–Kier alpha value is -4.63. The van der Waals surface area contributed by atoms with E-state index in [0.717, 1.165) is 52.1 Å². The number of nitrogens with zero attached hydrogens (tertiary/aromatic N) is 6. The van der Waals surface area contributed by atoms with E-state index in [-0.39, 0.29) is 24.4 Å². The van der Waals surface area contributed by atoms with Crippen molar-refractivity contribution >= 4 is 46.8 Å². The van der Waals surface area contributed by atoms with E-state index >= 15 is 0 Å². The van der Waals surface area contributed by atoms with Crippen LogP contribution in [0.2, 0.25) is 5.02 Å². The highest BCUT2D eigenvalue weighted by Crippen LogP contribution is 2.45.